The summed E-state index contributed by atoms with van der Waals surface area (Å²) in [7, 11) is 0. The highest BCUT2D eigenvalue weighted by atomic mass is 16.5. The summed E-state index contributed by atoms with van der Waals surface area (Å²) in [6, 6.07) is 0.264. The monoisotopic (exact) mass is 255 g/mol. The van der Waals surface area contributed by atoms with Gasteiger partial charge in [0, 0.05) is 6.54 Å². The van der Waals surface area contributed by atoms with E-state index in [4.69, 9.17) is 4.74 Å². The van der Waals surface area contributed by atoms with Crippen molar-refractivity contribution in [2.24, 2.45) is 0 Å². The average Bonchev–Trinajstić information content (AvgIpc) is 2.29. The summed E-state index contributed by atoms with van der Waals surface area (Å²) in [5.74, 6) is 0.829. The SMILES string of the molecule is CCNc1nc(NC(C)(C)CO)nc(OCC)n1. The Kier molecular flexibility index (Phi) is 5.08. The Morgan fingerprint density at radius 2 is 1.83 bits per heavy atom. The van der Waals surface area contributed by atoms with Gasteiger partial charge in [0.1, 0.15) is 0 Å². The quantitative estimate of drug-likeness (QED) is 0.666. The number of ether oxygens (including phenoxy) is 1. The molecule has 0 aliphatic rings. The maximum Gasteiger partial charge on any atom is 0.323 e. The van der Waals surface area contributed by atoms with Crippen LogP contribution in [0.1, 0.15) is 27.7 Å². The van der Waals surface area contributed by atoms with Gasteiger partial charge in [-0.1, -0.05) is 0 Å². The first-order valence-electron chi connectivity index (χ1n) is 6.02. The van der Waals surface area contributed by atoms with Gasteiger partial charge in [-0.2, -0.15) is 15.0 Å². The molecule has 0 fully saturated rings. The lowest BCUT2D eigenvalue weighted by Gasteiger charge is -2.23. The second-order valence-corrected chi connectivity index (χ2v) is 4.40. The number of nitrogens with zero attached hydrogens (tertiary/aromatic N) is 3. The Bertz CT molecular complexity index is 359. The number of nitrogens with one attached hydrogen (secondary N) is 2. The summed E-state index contributed by atoms with van der Waals surface area (Å²) in [5.41, 5.74) is -0.506. The molecule has 1 aromatic heterocycles. The maximum absolute atomic E-state index is 9.22. The predicted octanol–water partition coefficient (Wildman–Crippen LogP) is 0.885. The van der Waals surface area contributed by atoms with Crippen LogP contribution in [-0.2, 0) is 0 Å². The molecule has 1 rings (SSSR count). The van der Waals surface area contributed by atoms with Crippen molar-refractivity contribution in [1.82, 2.24) is 15.0 Å². The van der Waals surface area contributed by atoms with Crippen molar-refractivity contribution in [3.8, 4) is 6.01 Å². The smallest absolute Gasteiger partial charge is 0.323 e. The lowest BCUT2D eigenvalue weighted by Crippen LogP contribution is -2.35. The molecule has 18 heavy (non-hydrogen) atoms. The predicted molar refractivity (Wildman–Crippen MR) is 69.9 cm³/mol. The Balaban J connectivity index is 2.95. The fraction of sp³-hybridized carbons (Fsp3) is 0.727. The molecule has 0 saturated carbocycles. The van der Waals surface area contributed by atoms with E-state index in [1.54, 1.807) is 0 Å². The van der Waals surface area contributed by atoms with Crippen molar-refractivity contribution in [3.63, 3.8) is 0 Å². The van der Waals surface area contributed by atoms with Gasteiger partial charge in [0.05, 0.1) is 18.8 Å². The van der Waals surface area contributed by atoms with Crippen LogP contribution in [0.2, 0.25) is 0 Å². The van der Waals surface area contributed by atoms with Gasteiger partial charge < -0.3 is 20.5 Å². The molecule has 1 aromatic rings. The van der Waals surface area contributed by atoms with Gasteiger partial charge in [-0.05, 0) is 27.7 Å². The number of aliphatic hydroxyl groups excluding tert-OH is 1. The van der Waals surface area contributed by atoms with Gasteiger partial charge in [0.15, 0.2) is 0 Å². The van der Waals surface area contributed by atoms with E-state index in [0.29, 0.717) is 25.0 Å². The largest absolute Gasteiger partial charge is 0.464 e. The first-order chi connectivity index (χ1) is 8.50. The van der Waals surface area contributed by atoms with E-state index >= 15 is 0 Å². The van der Waals surface area contributed by atoms with Gasteiger partial charge in [-0.15, -0.1) is 0 Å². The first kappa shape index (κ1) is 14.4. The van der Waals surface area contributed by atoms with Crippen LogP contribution in [-0.4, -0.2) is 45.4 Å². The zero-order valence-electron chi connectivity index (χ0n) is 11.3. The number of aliphatic hydroxyl groups is 1. The van der Waals surface area contributed by atoms with Crippen molar-refractivity contribution >= 4 is 11.9 Å². The van der Waals surface area contributed by atoms with Crippen molar-refractivity contribution < 1.29 is 9.84 Å². The molecule has 7 heteroatoms. The third kappa shape index (κ3) is 4.33. The molecule has 3 N–H and O–H groups in total. The standard InChI is InChI=1S/C11H21N5O2/c1-5-12-8-13-9(16-11(3,4)7-17)15-10(14-8)18-6-2/h17H,5-7H2,1-4H3,(H2,12,13,14,15,16). The summed E-state index contributed by atoms with van der Waals surface area (Å²) in [4.78, 5) is 12.4. The van der Waals surface area contributed by atoms with Crippen molar-refractivity contribution in [2.45, 2.75) is 33.2 Å². The summed E-state index contributed by atoms with van der Waals surface area (Å²) >= 11 is 0. The highest BCUT2D eigenvalue weighted by molar-refractivity contribution is 5.37. The summed E-state index contributed by atoms with van der Waals surface area (Å²) in [5, 5.41) is 15.3. The van der Waals surface area contributed by atoms with E-state index in [0.717, 1.165) is 0 Å². The molecule has 102 valence electrons. The molecular weight excluding hydrogens is 234 g/mol. The number of hydrogen-bond acceptors (Lipinski definition) is 7. The third-order valence-electron chi connectivity index (χ3n) is 2.07. The third-order valence-corrected chi connectivity index (χ3v) is 2.07. The Labute approximate surface area is 107 Å². The van der Waals surface area contributed by atoms with Crippen molar-refractivity contribution in [3.05, 3.63) is 0 Å². The second kappa shape index (κ2) is 6.34. The molecule has 0 unspecified atom stereocenters. The first-order valence-corrected chi connectivity index (χ1v) is 6.02. The van der Waals surface area contributed by atoms with Gasteiger partial charge in [-0.25, -0.2) is 0 Å². The lowest BCUT2D eigenvalue weighted by atomic mass is 10.1. The average molecular weight is 255 g/mol. The summed E-state index contributed by atoms with van der Waals surface area (Å²) in [6.45, 7) is 8.68. The highest BCUT2D eigenvalue weighted by Gasteiger charge is 2.18. The molecule has 1 heterocycles. The number of rotatable bonds is 7. The highest BCUT2D eigenvalue weighted by Crippen LogP contribution is 2.15. The second-order valence-electron chi connectivity index (χ2n) is 4.40. The molecule has 0 radical (unpaired) electrons. The van der Waals surface area contributed by atoms with Crippen LogP contribution in [0.5, 0.6) is 6.01 Å². The topological polar surface area (TPSA) is 92.2 Å². The molecule has 0 saturated heterocycles. The summed E-state index contributed by atoms with van der Waals surface area (Å²) in [6.07, 6.45) is 0. The van der Waals surface area contributed by atoms with E-state index in [-0.39, 0.29) is 12.6 Å². The van der Waals surface area contributed by atoms with E-state index < -0.39 is 5.54 Å². The van der Waals surface area contributed by atoms with E-state index in [1.807, 2.05) is 27.7 Å². The van der Waals surface area contributed by atoms with Crippen molar-refractivity contribution in [1.29, 1.82) is 0 Å². The van der Waals surface area contributed by atoms with Crippen LogP contribution >= 0.6 is 0 Å². The van der Waals surface area contributed by atoms with Crippen molar-refractivity contribution in [2.75, 3.05) is 30.4 Å². The van der Waals surface area contributed by atoms with Gasteiger partial charge >= 0.3 is 6.01 Å². The van der Waals surface area contributed by atoms with Gasteiger partial charge in [0.2, 0.25) is 11.9 Å². The Morgan fingerprint density at radius 3 is 2.39 bits per heavy atom. The molecular formula is C11H21N5O2. The van der Waals surface area contributed by atoms with Gasteiger partial charge in [0.25, 0.3) is 0 Å². The molecule has 0 bridgehead atoms. The van der Waals surface area contributed by atoms with E-state index in [1.165, 1.54) is 0 Å². The van der Waals surface area contributed by atoms with Crippen LogP contribution in [0.15, 0.2) is 0 Å². The fourth-order valence-corrected chi connectivity index (χ4v) is 1.19. The molecule has 0 atom stereocenters. The van der Waals surface area contributed by atoms with E-state index in [9.17, 15) is 5.11 Å². The Morgan fingerprint density at radius 1 is 1.17 bits per heavy atom. The molecule has 7 nitrogen and oxygen atoms in total. The summed E-state index contributed by atoms with van der Waals surface area (Å²) < 4.78 is 5.28. The minimum Gasteiger partial charge on any atom is -0.464 e. The molecule has 0 aliphatic carbocycles. The molecule has 0 spiro atoms. The number of anilines is 2. The van der Waals surface area contributed by atoms with Crippen LogP contribution in [0.4, 0.5) is 11.9 Å². The molecule has 0 aliphatic heterocycles. The maximum atomic E-state index is 9.22. The van der Waals surface area contributed by atoms with Crippen LogP contribution in [0.25, 0.3) is 0 Å². The lowest BCUT2D eigenvalue weighted by molar-refractivity contribution is 0.233. The normalized spacial score (nSPS) is 11.2. The zero-order chi connectivity index (χ0) is 13.6. The van der Waals surface area contributed by atoms with Crippen LogP contribution in [0.3, 0.4) is 0 Å². The molecule has 0 amide bonds. The van der Waals surface area contributed by atoms with Crippen LogP contribution in [0, 0.1) is 0 Å². The zero-order valence-corrected chi connectivity index (χ0v) is 11.3. The minimum absolute atomic E-state index is 0.0286. The minimum atomic E-state index is -0.506. The fourth-order valence-electron chi connectivity index (χ4n) is 1.19. The number of aromatic nitrogens is 3. The van der Waals surface area contributed by atoms with E-state index in [2.05, 4.69) is 25.6 Å². The number of hydrogen-bond donors (Lipinski definition) is 3. The Hall–Kier alpha value is -1.63. The van der Waals surface area contributed by atoms with Crippen LogP contribution < -0.4 is 15.4 Å². The van der Waals surface area contributed by atoms with Gasteiger partial charge in [-0.3, -0.25) is 0 Å². The molecule has 0 aromatic carbocycles.